The highest BCUT2D eigenvalue weighted by Gasteiger charge is 2.33. The van der Waals surface area contributed by atoms with E-state index in [4.69, 9.17) is 4.42 Å². The van der Waals surface area contributed by atoms with Gasteiger partial charge in [0.15, 0.2) is 5.76 Å². The molecule has 0 spiro atoms. The fourth-order valence-electron chi connectivity index (χ4n) is 4.86. The van der Waals surface area contributed by atoms with E-state index >= 15 is 0 Å². The van der Waals surface area contributed by atoms with E-state index in [-0.39, 0.29) is 29.0 Å². The minimum atomic E-state index is -0.272. The molecule has 1 saturated carbocycles. The lowest BCUT2D eigenvalue weighted by Gasteiger charge is -2.31. The van der Waals surface area contributed by atoms with E-state index in [0.717, 1.165) is 49.9 Å². The minimum Gasteiger partial charge on any atom is -0.459 e. The Morgan fingerprint density at radius 1 is 1.16 bits per heavy atom. The van der Waals surface area contributed by atoms with E-state index in [1.54, 1.807) is 21.6 Å². The van der Waals surface area contributed by atoms with Crippen LogP contribution in [-0.4, -0.2) is 59.4 Å². The normalized spacial score (nSPS) is 19.6. The van der Waals surface area contributed by atoms with Gasteiger partial charge in [-0.2, -0.15) is 0 Å². The number of carbonyl (C=O) groups is 2. The second kappa shape index (κ2) is 8.58. The maximum Gasteiger partial charge on any atom is 0.289 e. The fourth-order valence-corrected chi connectivity index (χ4v) is 4.86. The third-order valence-electron chi connectivity index (χ3n) is 7.00. The lowest BCUT2D eigenvalue weighted by atomic mass is 9.94. The van der Waals surface area contributed by atoms with Crippen molar-refractivity contribution in [2.75, 3.05) is 33.2 Å². The highest BCUT2D eigenvalue weighted by Crippen LogP contribution is 2.35. The third-order valence-corrected chi connectivity index (χ3v) is 7.00. The van der Waals surface area contributed by atoms with Gasteiger partial charge in [-0.25, -0.2) is 0 Å². The van der Waals surface area contributed by atoms with Crippen molar-refractivity contribution in [3.8, 4) is 0 Å². The summed E-state index contributed by atoms with van der Waals surface area (Å²) in [6.07, 6.45) is 7.85. The van der Waals surface area contributed by atoms with Crippen LogP contribution in [0.5, 0.6) is 0 Å². The first-order chi connectivity index (χ1) is 15.5. The summed E-state index contributed by atoms with van der Waals surface area (Å²) in [5.74, 6) is 0.311. The van der Waals surface area contributed by atoms with Crippen molar-refractivity contribution in [3.05, 3.63) is 57.4 Å². The number of carbonyl (C=O) groups excluding carboxylic acids is 2. The highest BCUT2D eigenvalue weighted by molar-refractivity contribution is 5.96. The number of amides is 2. The van der Waals surface area contributed by atoms with Crippen molar-refractivity contribution in [1.29, 1.82) is 0 Å². The first-order valence-corrected chi connectivity index (χ1v) is 11.6. The largest absolute Gasteiger partial charge is 0.459 e. The van der Waals surface area contributed by atoms with Gasteiger partial charge in [-0.15, -0.1) is 0 Å². The molecule has 0 radical (unpaired) electrons. The van der Waals surface area contributed by atoms with E-state index in [1.165, 1.54) is 6.26 Å². The van der Waals surface area contributed by atoms with Gasteiger partial charge in [0, 0.05) is 31.9 Å². The minimum absolute atomic E-state index is 0.157. The van der Waals surface area contributed by atoms with Crippen molar-refractivity contribution in [3.63, 3.8) is 0 Å². The van der Waals surface area contributed by atoms with Crippen molar-refractivity contribution in [2.45, 2.75) is 44.7 Å². The molecule has 8 nitrogen and oxygen atoms in total. The number of likely N-dealkylation sites (tertiary alicyclic amines) is 1. The lowest BCUT2D eigenvalue weighted by Crippen LogP contribution is -2.42. The van der Waals surface area contributed by atoms with Crippen LogP contribution < -0.4 is 10.9 Å². The first-order valence-electron chi connectivity index (χ1n) is 11.6. The maximum atomic E-state index is 13.3. The summed E-state index contributed by atoms with van der Waals surface area (Å²) in [6.45, 7) is 3.50. The smallest absolute Gasteiger partial charge is 0.289 e. The second-order valence-corrected chi connectivity index (χ2v) is 9.36. The van der Waals surface area contributed by atoms with Crippen LogP contribution >= 0.6 is 0 Å². The van der Waals surface area contributed by atoms with Crippen LogP contribution in [0.25, 0.3) is 0 Å². The molecule has 1 saturated heterocycles. The molecule has 170 valence electrons. The number of aromatic nitrogens is 1. The van der Waals surface area contributed by atoms with Crippen molar-refractivity contribution in [2.24, 2.45) is 5.92 Å². The number of rotatable bonds is 5. The summed E-state index contributed by atoms with van der Waals surface area (Å²) in [4.78, 5) is 43.3. The van der Waals surface area contributed by atoms with Crippen LogP contribution in [0.3, 0.4) is 0 Å². The van der Waals surface area contributed by atoms with Crippen LogP contribution in [0.4, 0.5) is 0 Å². The maximum absolute atomic E-state index is 13.3. The molecule has 1 N–H and O–H groups in total. The summed E-state index contributed by atoms with van der Waals surface area (Å²) >= 11 is 0. The molecule has 2 aliphatic heterocycles. The van der Waals surface area contributed by atoms with Gasteiger partial charge in [-0.1, -0.05) is 0 Å². The summed E-state index contributed by atoms with van der Waals surface area (Å²) in [5, 5.41) is 3.05. The molecule has 2 aromatic rings. The van der Waals surface area contributed by atoms with Gasteiger partial charge >= 0.3 is 0 Å². The van der Waals surface area contributed by atoms with Crippen LogP contribution in [0.2, 0.25) is 0 Å². The zero-order chi connectivity index (χ0) is 22.2. The molecule has 2 aromatic heterocycles. The predicted molar refractivity (Wildman–Crippen MR) is 119 cm³/mol. The Balaban J connectivity index is 1.39. The van der Waals surface area contributed by atoms with Gasteiger partial charge in [-0.05, 0) is 81.4 Å². The van der Waals surface area contributed by atoms with Crippen LogP contribution in [0, 0.1) is 5.92 Å². The van der Waals surface area contributed by atoms with Crippen molar-refractivity contribution in [1.82, 2.24) is 19.7 Å². The van der Waals surface area contributed by atoms with Gasteiger partial charge in [0.05, 0.1) is 6.26 Å². The van der Waals surface area contributed by atoms with Gasteiger partial charge < -0.3 is 24.1 Å². The van der Waals surface area contributed by atoms with E-state index in [0.29, 0.717) is 37.7 Å². The Labute approximate surface area is 187 Å². The molecule has 5 rings (SSSR count). The number of nitrogens with zero attached hydrogens (tertiary/aromatic N) is 3. The number of hydrogen-bond acceptors (Lipinski definition) is 5. The monoisotopic (exact) mass is 438 g/mol. The third kappa shape index (κ3) is 4.11. The molecule has 1 aliphatic carbocycles. The van der Waals surface area contributed by atoms with Gasteiger partial charge in [0.2, 0.25) is 0 Å². The number of piperidine rings is 1. The number of pyridine rings is 1. The average molecular weight is 439 g/mol. The summed E-state index contributed by atoms with van der Waals surface area (Å²) < 4.78 is 6.98. The molecular weight excluding hydrogens is 408 g/mol. The molecule has 2 amide bonds. The Bertz CT molecular complexity index is 1060. The summed E-state index contributed by atoms with van der Waals surface area (Å²) in [5.41, 5.74) is 1.74. The van der Waals surface area contributed by atoms with E-state index in [9.17, 15) is 14.4 Å². The van der Waals surface area contributed by atoms with E-state index in [2.05, 4.69) is 17.3 Å². The standard InChI is InChI=1S/C24H30N4O4/c1-26-9-6-16(7-10-26)13-25-22(29)21-19-8-11-27(23(30)20-3-2-12-32-20)14-17(19)15-28(24(21)31)18-4-5-18/h2-3,12,15-16,18H,4-11,13-14H2,1H3,(H,25,29). The van der Waals surface area contributed by atoms with Gasteiger partial charge in [0.1, 0.15) is 5.56 Å². The average Bonchev–Trinajstić information content (AvgIpc) is 3.50. The zero-order valence-electron chi connectivity index (χ0n) is 18.5. The Morgan fingerprint density at radius 2 is 1.94 bits per heavy atom. The SMILES string of the molecule is CN1CCC(CNC(=O)c2c3c(cn(C4CC4)c2=O)CN(C(=O)c2ccco2)CC3)CC1. The van der Waals surface area contributed by atoms with Crippen LogP contribution in [0.15, 0.2) is 33.8 Å². The molecule has 2 fully saturated rings. The van der Waals surface area contributed by atoms with Crippen LogP contribution in [-0.2, 0) is 13.0 Å². The van der Waals surface area contributed by atoms with Crippen molar-refractivity contribution >= 4 is 11.8 Å². The zero-order valence-corrected chi connectivity index (χ0v) is 18.5. The molecule has 32 heavy (non-hydrogen) atoms. The van der Waals surface area contributed by atoms with Gasteiger partial charge in [-0.3, -0.25) is 14.4 Å². The topological polar surface area (TPSA) is 87.8 Å². The molecule has 0 bridgehead atoms. The fraction of sp³-hybridized carbons (Fsp3) is 0.542. The molecule has 0 aromatic carbocycles. The van der Waals surface area contributed by atoms with Crippen molar-refractivity contribution < 1.29 is 14.0 Å². The Hall–Kier alpha value is -2.87. The summed E-state index contributed by atoms with van der Waals surface area (Å²) in [6, 6.07) is 3.51. The predicted octanol–water partition coefficient (Wildman–Crippen LogP) is 2.05. The Morgan fingerprint density at radius 3 is 2.62 bits per heavy atom. The molecule has 3 aliphatic rings. The van der Waals surface area contributed by atoms with Gasteiger partial charge in [0.25, 0.3) is 17.4 Å². The number of furan rings is 1. The molecular formula is C24H30N4O4. The molecule has 4 heterocycles. The van der Waals surface area contributed by atoms with E-state index in [1.807, 2.05) is 6.20 Å². The van der Waals surface area contributed by atoms with Crippen LogP contribution in [0.1, 0.15) is 63.8 Å². The first kappa shape index (κ1) is 21.0. The molecule has 0 unspecified atom stereocenters. The second-order valence-electron chi connectivity index (χ2n) is 9.36. The number of hydrogen-bond donors (Lipinski definition) is 1. The lowest BCUT2D eigenvalue weighted by molar-refractivity contribution is 0.0701. The number of fused-ring (bicyclic) bond motifs is 1. The molecule has 8 heteroatoms. The quantitative estimate of drug-likeness (QED) is 0.772. The van der Waals surface area contributed by atoms with E-state index < -0.39 is 0 Å². The Kier molecular flexibility index (Phi) is 5.63. The summed E-state index contributed by atoms with van der Waals surface area (Å²) in [7, 11) is 2.12. The number of nitrogens with one attached hydrogen (secondary N) is 1. The highest BCUT2D eigenvalue weighted by atomic mass is 16.3. The molecule has 0 atom stereocenters.